The first-order chi connectivity index (χ1) is 37.5. The lowest BCUT2D eigenvalue weighted by molar-refractivity contribution is 0.176. The van der Waals surface area contributed by atoms with Gasteiger partial charge in [0.25, 0.3) is 0 Å². The third-order valence-electron chi connectivity index (χ3n) is 15.7. The third kappa shape index (κ3) is 11.2. The summed E-state index contributed by atoms with van der Waals surface area (Å²) < 4.78 is 28.3. The number of pyridine rings is 1. The molecule has 0 unspecified atom stereocenters. The summed E-state index contributed by atoms with van der Waals surface area (Å²) in [7, 11) is 0. The summed E-state index contributed by atoms with van der Waals surface area (Å²) in [4.78, 5) is 10.8. The molecule has 4 nitrogen and oxygen atoms in total. The topological polar surface area (TPSA) is 50.9 Å². The summed E-state index contributed by atoms with van der Waals surface area (Å²) >= 11 is 0. The zero-order valence-corrected chi connectivity index (χ0v) is 49.9. The van der Waals surface area contributed by atoms with Gasteiger partial charge in [-0.2, -0.15) is 0 Å². The van der Waals surface area contributed by atoms with Crippen LogP contribution in [0.25, 0.3) is 83.9 Å². The molecule has 2 aromatic heterocycles. The molecule has 9 rings (SSSR count). The van der Waals surface area contributed by atoms with Gasteiger partial charge in [0.15, 0.2) is 0 Å². The van der Waals surface area contributed by atoms with Gasteiger partial charge in [-0.25, -0.2) is 4.98 Å². The maximum Gasteiger partial charge on any atom is 0.149 e. The van der Waals surface area contributed by atoms with Crippen molar-refractivity contribution in [1.29, 1.82) is 0 Å². The van der Waals surface area contributed by atoms with Crippen LogP contribution in [-0.2, 0) is 21.7 Å². The lowest BCUT2D eigenvalue weighted by atomic mass is 9.63. The second-order valence-electron chi connectivity index (χ2n) is 28.2. The van der Waals surface area contributed by atoms with E-state index >= 15 is 0 Å². The van der Waals surface area contributed by atoms with Crippen LogP contribution < -0.4 is 0 Å². The Balaban J connectivity index is 1.22. The molecular formula is C74H85N3O. The van der Waals surface area contributed by atoms with Gasteiger partial charge in [-0.1, -0.05) is 228 Å². The molecule has 0 spiro atoms. The van der Waals surface area contributed by atoms with Gasteiger partial charge in [-0.15, -0.1) is 0 Å². The van der Waals surface area contributed by atoms with E-state index in [9.17, 15) is 5.11 Å². The number of rotatable bonds is 8. The van der Waals surface area contributed by atoms with E-state index in [0.29, 0.717) is 17.0 Å². The van der Waals surface area contributed by atoms with E-state index < -0.39 is 6.85 Å². The van der Waals surface area contributed by atoms with Crippen molar-refractivity contribution < 1.29 is 9.22 Å². The van der Waals surface area contributed by atoms with Gasteiger partial charge in [0, 0.05) is 32.6 Å². The molecule has 0 atom stereocenters. The van der Waals surface area contributed by atoms with Crippen LogP contribution in [0.1, 0.15) is 168 Å². The van der Waals surface area contributed by atoms with Crippen molar-refractivity contribution >= 4 is 11.0 Å². The number of fused-ring (bicyclic) bond motifs is 1. The van der Waals surface area contributed by atoms with E-state index in [0.717, 1.165) is 94.7 Å². The number of hydrogen-bond donors (Lipinski definition) is 1. The normalized spacial score (nSPS) is 13.7. The Hall–Kier alpha value is -7.04. The smallest absolute Gasteiger partial charge is 0.149 e. The highest BCUT2D eigenvalue weighted by molar-refractivity contribution is 5.98. The first-order valence-electron chi connectivity index (χ1n) is 29.5. The van der Waals surface area contributed by atoms with E-state index in [1.807, 2.05) is 36.5 Å². The first-order valence-corrected chi connectivity index (χ1v) is 28.0. The zero-order valence-electron chi connectivity index (χ0n) is 52.9. The Morgan fingerprint density at radius 2 is 1.05 bits per heavy atom. The van der Waals surface area contributed by atoms with Crippen LogP contribution in [0.2, 0.25) is 0 Å². The molecule has 0 fully saturated rings. The molecule has 0 bridgehead atoms. The summed E-state index contributed by atoms with van der Waals surface area (Å²) in [6.45, 7) is 37.8. The number of aromatic hydroxyl groups is 1. The number of para-hydroxylation sites is 1. The van der Waals surface area contributed by atoms with Crippen LogP contribution >= 0.6 is 0 Å². The quantitative estimate of drug-likeness (QED) is 0.165. The van der Waals surface area contributed by atoms with Gasteiger partial charge >= 0.3 is 0 Å². The summed E-state index contributed by atoms with van der Waals surface area (Å²) in [5.74, 6) is 1.05. The molecule has 7 aromatic carbocycles. The second-order valence-corrected chi connectivity index (χ2v) is 28.2. The maximum atomic E-state index is 12.7. The predicted octanol–water partition coefficient (Wildman–Crippen LogP) is 20.8. The monoisotopic (exact) mass is 1030 g/mol. The first kappa shape index (κ1) is 51.7. The predicted molar refractivity (Wildman–Crippen MR) is 334 cm³/mol. The largest absolute Gasteiger partial charge is 0.507 e. The van der Waals surface area contributed by atoms with Gasteiger partial charge in [0.05, 0.1) is 28.0 Å². The highest BCUT2D eigenvalue weighted by Gasteiger charge is 2.36. The van der Waals surface area contributed by atoms with Gasteiger partial charge in [-0.05, 0) is 155 Å². The van der Waals surface area contributed by atoms with E-state index in [4.69, 9.17) is 14.1 Å². The molecule has 0 saturated heterocycles. The van der Waals surface area contributed by atoms with E-state index in [1.165, 1.54) is 5.56 Å². The van der Waals surface area contributed by atoms with Gasteiger partial charge < -0.3 is 5.11 Å². The van der Waals surface area contributed by atoms with Gasteiger partial charge in [0.2, 0.25) is 0 Å². The molecule has 0 aliphatic carbocycles. The summed E-state index contributed by atoms with van der Waals surface area (Å²) in [6.07, 6.45) is 1.88. The van der Waals surface area contributed by atoms with Crippen molar-refractivity contribution in [2.24, 2.45) is 10.8 Å². The number of aromatic nitrogens is 3. The Morgan fingerprint density at radius 1 is 0.449 bits per heavy atom. The molecule has 9 aromatic rings. The summed E-state index contributed by atoms with van der Waals surface area (Å²) in [5, 5.41) is 12.7. The fraction of sp³-hybridized carbons (Fsp3) is 0.351. The highest BCUT2D eigenvalue weighted by atomic mass is 16.3. The van der Waals surface area contributed by atoms with Gasteiger partial charge in [-0.3, -0.25) is 9.55 Å². The van der Waals surface area contributed by atoms with Crippen LogP contribution in [-0.4, -0.2) is 19.6 Å². The Labute approximate surface area is 472 Å². The molecule has 402 valence electrons. The van der Waals surface area contributed by atoms with Crippen LogP contribution in [0.15, 0.2) is 158 Å². The van der Waals surface area contributed by atoms with E-state index in [1.54, 1.807) is 0 Å². The minimum Gasteiger partial charge on any atom is -0.507 e. The van der Waals surface area contributed by atoms with E-state index in [2.05, 4.69) is 251 Å². The maximum absolute atomic E-state index is 12.7. The Bertz CT molecular complexity index is 3780. The number of nitrogens with zero attached hydrogens (tertiary/aromatic N) is 3. The minimum absolute atomic E-state index is 0.0652. The Morgan fingerprint density at radius 3 is 1.67 bits per heavy atom. The molecule has 0 amide bonds. The van der Waals surface area contributed by atoms with Crippen molar-refractivity contribution in [2.45, 2.75) is 159 Å². The lowest BCUT2D eigenvalue weighted by Gasteiger charge is -2.41. The number of imidazole rings is 1. The van der Waals surface area contributed by atoms with Gasteiger partial charge in [0.1, 0.15) is 11.6 Å². The number of benzene rings is 7. The Kier molecular flexibility index (Phi) is 13.3. The average molecular weight is 1040 g/mol. The standard InChI is InChI=1S/C74H85N3O/c1-46-38-51(67(73(14,15)16)74(17,18)19)32-34-57(46)49-30-28-47(29-31-49)50-36-37-75-62(42-50)53-39-52(40-55(41-53)70(5,6)7)58-26-23-27-64-65(58)76-68(60-44-56(71(8,9)10)45-61(66(60)78)72(11,12)13)77(64)63-35-33-54(69(2,3)4)43-59(63)48-24-21-20-22-25-48/h20-45,67,78H,1-19H3/i1D3. The molecular weight excluding hydrogens is 947 g/mol. The van der Waals surface area contributed by atoms with Crippen molar-refractivity contribution in [3.05, 3.63) is 191 Å². The van der Waals surface area contributed by atoms with Crippen molar-refractivity contribution in [2.75, 3.05) is 0 Å². The molecule has 0 radical (unpaired) electrons. The molecule has 78 heavy (non-hydrogen) atoms. The zero-order chi connectivity index (χ0) is 59.2. The minimum atomic E-state index is -2.29. The summed E-state index contributed by atoms with van der Waals surface area (Å²) in [6, 6.07) is 53.5. The SMILES string of the molecule is [2H]C([2H])([2H])c1cc(C(C(C)(C)C)C(C)(C)C)ccc1-c1ccc(-c2ccnc(-c3cc(-c4cccc5c4nc(-c4cc(C(C)(C)C)cc(C(C)(C)C)c4O)n5-c4ccc(C(C)(C)C)cc4-c4ccccc4)cc(C(C)(C)C)c3)c2)cc1. The van der Waals surface area contributed by atoms with Crippen LogP contribution in [0.4, 0.5) is 0 Å². The number of phenolic OH excluding ortho intramolecular Hbond substituents is 1. The highest BCUT2D eigenvalue weighted by Crippen LogP contribution is 2.49. The van der Waals surface area contributed by atoms with Crippen LogP contribution in [0.5, 0.6) is 5.75 Å². The second kappa shape index (κ2) is 20.0. The van der Waals surface area contributed by atoms with Crippen LogP contribution in [0, 0.1) is 17.7 Å². The average Bonchev–Trinajstić information content (AvgIpc) is 2.69. The van der Waals surface area contributed by atoms with Crippen molar-refractivity contribution in [1.82, 2.24) is 14.5 Å². The molecule has 0 aliphatic rings. The number of hydrogen-bond acceptors (Lipinski definition) is 3. The molecule has 1 N–H and O–H groups in total. The molecule has 4 heteroatoms. The molecule has 0 aliphatic heterocycles. The molecule has 0 saturated carbocycles. The van der Waals surface area contributed by atoms with Crippen molar-refractivity contribution in [3.8, 4) is 78.6 Å². The number of phenols is 1. The summed E-state index contributed by atoms with van der Waals surface area (Å²) in [5.41, 5.74) is 17.8. The lowest BCUT2D eigenvalue weighted by Crippen LogP contribution is -2.30. The fourth-order valence-corrected chi connectivity index (χ4v) is 11.9. The molecule has 2 heterocycles. The number of aryl methyl sites for hydroxylation is 1. The van der Waals surface area contributed by atoms with Crippen molar-refractivity contribution in [3.63, 3.8) is 0 Å². The fourth-order valence-electron chi connectivity index (χ4n) is 11.9. The van der Waals surface area contributed by atoms with Crippen LogP contribution in [0.3, 0.4) is 0 Å². The third-order valence-corrected chi connectivity index (χ3v) is 15.7. The van der Waals surface area contributed by atoms with E-state index in [-0.39, 0.29) is 44.2 Å².